The van der Waals surface area contributed by atoms with Gasteiger partial charge in [0.05, 0.1) is 25.5 Å². The fourth-order valence-corrected chi connectivity index (χ4v) is 8.02. The first kappa shape index (κ1) is 40.8. The smallest absolute Gasteiger partial charge is 0.387 e. The molecule has 2 aromatic heterocycles. The van der Waals surface area contributed by atoms with Crippen LogP contribution in [0.25, 0.3) is 5.52 Å². The number of fused-ring (bicyclic) bond motifs is 2. The first-order valence-corrected chi connectivity index (χ1v) is 20.2. The number of ether oxygens (including phenoxy) is 3. The van der Waals surface area contributed by atoms with Gasteiger partial charge >= 0.3 is 7.82 Å². The summed E-state index contributed by atoms with van der Waals surface area (Å²) in [6.07, 6.45) is 19.2. The molecule has 5 N–H and O–H groups in total. The first-order chi connectivity index (χ1) is 24.1. The number of hydrogen-bond donors (Lipinski definition) is 4. The Labute approximate surface area is 297 Å². The number of rotatable bonds is 28. The Balaban J connectivity index is 1.08. The maximum Gasteiger partial charge on any atom is 0.472 e. The molecule has 3 heterocycles. The van der Waals surface area contributed by atoms with Gasteiger partial charge in [-0.25, -0.2) is 14.1 Å². The van der Waals surface area contributed by atoms with Gasteiger partial charge in [-0.1, -0.05) is 109 Å². The molecule has 0 radical (unpaired) electrons. The van der Waals surface area contributed by atoms with Gasteiger partial charge in [0.2, 0.25) is 0 Å². The van der Waals surface area contributed by atoms with Crippen LogP contribution < -0.4 is 5.73 Å². The normalized spacial score (nSPS) is 26.2. The van der Waals surface area contributed by atoms with Gasteiger partial charge < -0.3 is 35.1 Å². The van der Waals surface area contributed by atoms with Crippen LogP contribution in [0.1, 0.15) is 128 Å². The molecule has 2 fully saturated rings. The van der Waals surface area contributed by atoms with Gasteiger partial charge in [0, 0.05) is 6.61 Å². The van der Waals surface area contributed by atoms with E-state index in [2.05, 4.69) is 23.6 Å². The number of nitrogen functional groups attached to an aromatic ring is 1. The van der Waals surface area contributed by atoms with Crippen LogP contribution in [-0.2, 0) is 27.8 Å². The quantitative estimate of drug-likeness (QED) is 0.0420. The minimum atomic E-state index is -4.70. The van der Waals surface area contributed by atoms with Crippen LogP contribution in [-0.4, -0.2) is 85.6 Å². The van der Waals surface area contributed by atoms with Crippen molar-refractivity contribution in [1.29, 1.82) is 0 Å². The van der Waals surface area contributed by atoms with Crippen molar-refractivity contribution in [2.75, 3.05) is 32.2 Å². The third-order valence-electron chi connectivity index (χ3n) is 10.1. The summed E-state index contributed by atoms with van der Waals surface area (Å²) in [5.41, 5.74) is 3.42. The molecule has 1 aliphatic carbocycles. The monoisotopic (exact) mass is 724 g/mol. The van der Waals surface area contributed by atoms with E-state index in [0.29, 0.717) is 17.8 Å². The van der Waals surface area contributed by atoms with E-state index in [-0.39, 0.29) is 25.6 Å². The van der Waals surface area contributed by atoms with Crippen molar-refractivity contribution in [2.45, 2.75) is 152 Å². The number of phosphoric acid groups is 1. The predicted octanol–water partition coefficient (Wildman–Crippen LogP) is 6.60. The van der Waals surface area contributed by atoms with Gasteiger partial charge in [0.15, 0.2) is 11.4 Å². The van der Waals surface area contributed by atoms with Crippen molar-refractivity contribution >= 4 is 19.2 Å². The molecular formula is C36H61N4O9P. The molecule has 2 unspecified atom stereocenters. The lowest BCUT2D eigenvalue weighted by Gasteiger charge is -2.24. The van der Waals surface area contributed by atoms with Crippen LogP contribution in [0.3, 0.4) is 0 Å². The molecule has 1 aliphatic heterocycles. The number of unbranched alkanes of at least 4 members (excludes halogenated alkanes) is 15. The molecule has 2 aromatic rings. The number of anilines is 1. The summed E-state index contributed by atoms with van der Waals surface area (Å²) < 4.78 is 42.5. The summed E-state index contributed by atoms with van der Waals surface area (Å²) in [6, 6.07) is 3.34. The van der Waals surface area contributed by atoms with Crippen LogP contribution in [0.4, 0.5) is 5.82 Å². The summed E-state index contributed by atoms with van der Waals surface area (Å²) in [5.74, 6) is 0.245. The van der Waals surface area contributed by atoms with Gasteiger partial charge in [-0.05, 0) is 25.5 Å². The van der Waals surface area contributed by atoms with Crippen LogP contribution in [0.15, 0.2) is 31.1 Å². The summed E-state index contributed by atoms with van der Waals surface area (Å²) in [5, 5.41) is 26.6. The van der Waals surface area contributed by atoms with Gasteiger partial charge in [-0.15, -0.1) is 6.58 Å². The topological polar surface area (TPSA) is 180 Å². The molecule has 4 rings (SSSR count). The second kappa shape index (κ2) is 19.8. The Morgan fingerprint density at radius 2 is 1.62 bits per heavy atom. The lowest BCUT2D eigenvalue weighted by Crippen LogP contribution is -2.35. The Hall–Kier alpha value is -1.93. The Morgan fingerprint density at radius 1 is 1.02 bits per heavy atom. The molecule has 0 bridgehead atoms. The van der Waals surface area contributed by atoms with Crippen molar-refractivity contribution in [1.82, 2.24) is 14.6 Å². The number of nitrogens with zero attached hydrogens (tertiary/aromatic N) is 3. The minimum absolute atomic E-state index is 0.167. The zero-order valence-corrected chi connectivity index (χ0v) is 31.0. The molecular weight excluding hydrogens is 663 g/mol. The zero-order valence-electron chi connectivity index (χ0n) is 30.1. The van der Waals surface area contributed by atoms with Crippen molar-refractivity contribution in [2.24, 2.45) is 0 Å². The van der Waals surface area contributed by atoms with E-state index in [0.717, 1.165) is 12.8 Å². The standard InChI is InChI=1S/C36H61N4O9P/c1-4-6-7-8-9-10-11-12-13-14-15-16-17-18-19-20-24-45-25-28(46-23-5-2)26-47-50(43,44)49-34-35(3)36(34,42)32(41)31(48-35)29-21-22-30-33(37)38-27-39-40(29)30/h5,21-22,27-28,31-32,34,41-42H,2,4,6-20,23-26H2,1,3H3,(H,43,44)(H2,37,38,39)/t28-,31+,32+,34?,35-,36-/m1/s1. The number of hydrogen-bond acceptors (Lipinski definition) is 11. The summed E-state index contributed by atoms with van der Waals surface area (Å²) in [7, 11) is -4.70. The second-order valence-electron chi connectivity index (χ2n) is 14.0. The largest absolute Gasteiger partial charge is 0.472 e. The van der Waals surface area contributed by atoms with E-state index >= 15 is 0 Å². The number of nitrogens with two attached hydrogens (primary N) is 1. The average Bonchev–Trinajstić information content (AvgIpc) is 3.36. The highest BCUT2D eigenvalue weighted by Gasteiger charge is 2.87. The highest BCUT2D eigenvalue weighted by atomic mass is 31.2. The summed E-state index contributed by atoms with van der Waals surface area (Å²) in [6.45, 7) is 8.07. The third kappa shape index (κ3) is 10.6. The Morgan fingerprint density at radius 3 is 2.18 bits per heavy atom. The zero-order chi connectivity index (χ0) is 36.0. The van der Waals surface area contributed by atoms with Crippen molar-refractivity contribution in [3.63, 3.8) is 0 Å². The molecule has 14 heteroatoms. The Bertz CT molecular complexity index is 1360. The summed E-state index contributed by atoms with van der Waals surface area (Å²) >= 11 is 0. The van der Waals surface area contributed by atoms with Crippen molar-refractivity contribution < 1.29 is 42.9 Å². The Kier molecular flexibility index (Phi) is 16.2. The fraction of sp³-hybridized carbons (Fsp3) is 0.778. The number of aliphatic hydroxyl groups is 2. The van der Waals surface area contributed by atoms with Crippen LogP contribution in [0, 0.1) is 0 Å². The predicted molar refractivity (Wildman–Crippen MR) is 192 cm³/mol. The van der Waals surface area contributed by atoms with E-state index in [1.165, 1.54) is 108 Å². The highest BCUT2D eigenvalue weighted by molar-refractivity contribution is 7.47. The van der Waals surface area contributed by atoms with E-state index in [4.69, 9.17) is 29.0 Å². The third-order valence-corrected chi connectivity index (χ3v) is 11.0. The van der Waals surface area contributed by atoms with E-state index in [1.807, 2.05) is 0 Å². The maximum absolute atomic E-state index is 12.9. The van der Waals surface area contributed by atoms with E-state index in [9.17, 15) is 19.7 Å². The number of aromatic nitrogens is 3. The number of phosphoric ester groups is 1. The molecule has 13 nitrogen and oxygen atoms in total. The molecule has 0 aromatic carbocycles. The fourth-order valence-electron chi connectivity index (χ4n) is 6.97. The molecule has 50 heavy (non-hydrogen) atoms. The van der Waals surface area contributed by atoms with Gasteiger partial charge in [-0.2, -0.15) is 5.10 Å². The molecule has 1 saturated carbocycles. The molecule has 0 spiro atoms. The lowest BCUT2D eigenvalue weighted by atomic mass is 10.0. The first-order valence-electron chi connectivity index (χ1n) is 18.7. The molecule has 284 valence electrons. The van der Waals surface area contributed by atoms with Gasteiger partial charge in [0.25, 0.3) is 0 Å². The lowest BCUT2D eigenvalue weighted by molar-refractivity contribution is -0.0824. The van der Waals surface area contributed by atoms with Crippen LogP contribution in [0.2, 0.25) is 0 Å². The summed E-state index contributed by atoms with van der Waals surface area (Å²) in [4.78, 5) is 14.5. The van der Waals surface area contributed by atoms with E-state index < -0.39 is 43.4 Å². The van der Waals surface area contributed by atoms with E-state index in [1.54, 1.807) is 18.2 Å². The van der Waals surface area contributed by atoms with Crippen LogP contribution in [0.5, 0.6) is 0 Å². The minimum Gasteiger partial charge on any atom is -0.387 e. The van der Waals surface area contributed by atoms with Gasteiger partial charge in [0.1, 0.15) is 41.9 Å². The van der Waals surface area contributed by atoms with Crippen molar-refractivity contribution in [3.05, 3.63) is 36.8 Å². The van der Waals surface area contributed by atoms with Gasteiger partial charge in [-0.3, -0.25) is 9.05 Å². The number of aliphatic hydroxyl groups excluding tert-OH is 1. The molecule has 1 saturated heterocycles. The van der Waals surface area contributed by atoms with Crippen LogP contribution >= 0.6 is 7.82 Å². The average molecular weight is 725 g/mol. The second-order valence-corrected chi connectivity index (χ2v) is 15.4. The molecule has 2 aliphatic rings. The SMILES string of the molecule is C=CCO[C@H](COCCCCCCCCCCCCCCCCCC)COP(=O)(O)OC1[C@@]2(C)O[C@@H](c3ccc4c(N)ncnn34)[C@H](O)[C@@]12O. The molecule has 0 amide bonds. The highest BCUT2D eigenvalue weighted by Crippen LogP contribution is 2.68. The van der Waals surface area contributed by atoms with Crippen molar-refractivity contribution in [3.8, 4) is 0 Å². The maximum atomic E-state index is 12.9. The molecule has 7 atom stereocenters.